The summed E-state index contributed by atoms with van der Waals surface area (Å²) in [6.07, 6.45) is 1.13. The molecular weight excluding hydrogens is 186 g/mol. The van der Waals surface area contributed by atoms with Crippen molar-refractivity contribution in [1.82, 2.24) is 0 Å². The molecule has 1 atom stereocenters. The van der Waals surface area contributed by atoms with E-state index in [0.717, 1.165) is 6.42 Å². The fraction of sp³-hybridized carbons (Fsp3) is 0.250. The number of hydrogen-bond donors (Lipinski definition) is 0. The van der Waals surface area contributed by atoms with Crippen molar-refractivity contribution in [3.8, 4) is 0 Å². The Hall–Kier alpha value is 0.156. The molecule has 0 nitrogen and oxygen atoms in total. The first-order valence-electron chi connectivity index (χ1n) is 3.17. The zero-order valence-electron chi connectivity index (χ0n) is 5.93. The maximum Gasteiger partial charge on any atom is 0 e. The monoisotopic (exact) mass is 197 g/mol. The van der Waals surface area contributed by atoms with Gasteiger partial charge in [-0.05, 0) is 17.3 Å². The van der Waals surface area contributed by atoms with Crippen LogP contribution in [0.1, 0.15) is 12.5 Å². The molecule has 0 spiro atoms. The average Bonchev–Trinajstić information content (AvgIpc) is 1.90. The van der Waals surface area contributed by atoms with Crippen molar-refractivity contribution < 1.29 is 16.8 Å². The molecule has 0 aromatic heterocycles. The minimum Gasteiger partial charge on any atom is -0.106 e. The molecule has 0 bridgehead atoms. The summed E-state index contributed by atoms with van der Waals surface area (Å²) in [6, 6.07) is 8.54. The van der Waals surface area contributed by atoms with E-state index in [0.29, 0.717) is 0 Å². The van der Waals surface area contributed by atoms with Crippen LogP contribution in [0.2, 0.25) is 0 Å². The zero-order valence-corrected chi connectivity index (χ0v) is 8.12. The van der Waals surface area contributed by atoms with Crippen LogP contribution >= 0.6 is 9.24 Å². The van der Waals surface area contributed by atoms with E-state index < -0.39 is 0 Å². The number of rotatable bonds is 1. The predicted octanol–water partition coefficient (Wildman–Crippen LogP) is 1.75. The molecule has 0 saturated carbocycles. The van der Waals surface area contributed by atoms with E-state index in [9.17, 15) is 0 Å². The second-order valence-corrected chi connectivity index (χ2v) is 2.76. The van der Waals surface area contributed by atoms with Crippen LogP contribution in [0.15, 0.2) is 24.3 Å². The van der Waals surface area contributed by atoms with Gasteiger partial charge in [-0.2, -0.15) is 0 Å². The van der Waals surface area contributed by atoms with Crippen LogP contribution < -0.4 is 5.30 Å². The fourth-order valence-corrected chi connectivity index (χ4v) is 0.946. The van der Waals surface area contributed by atoms with Crippen molar-refractivity contribution in [3.05, 3.63) is 29.8 Å². The van der Waals surface area contributed by atoms with Gasteiger partial charge in [0, 0.05) is 16.8 Å². The molecule has 0 aliphatic heterocycles. The van der Waals surface area contributed by atoms with Crippen LogP contribution in [0, 0.1) is 0 Å². The van der Waals surface area contributed by atoms with Gasteiger partial charge in [0.25, 0.3) is 0 Å². The smallest absolute Gasteiger partial charge is 0 e. The Morgan fingerprint density at radius 3 is 2.10 bits per heavy atom. The second kappa shape index (κ2) is 4.89. The third-order valence-electron chi connectivity index (χ3n) is 1.39. The van der Waals surface area contributed by atoms with Gasteiger partial charge >= 0.3 is 0 Å². The first-order chi connectivity index (χ1) is 4.33. The van der Waals surface area contributed by atoms with E-state index in [2.05, 4.69) is 40.4 Å². The van der Waals surface area contributed by atoms with Crippen LogP contribution in [0.4, 0.5) is 0 Å². The van der Waals surface area contributed by atoms with E-state index in [4.69, 9.17) is 0 Å². The Bertz CT molecular complexity index is 181. The fourth-order valence-electron chi connectivity index (χ4n) is 0.753. The van der Waals surface area contributed by atoms with Crippen LogP contribution in [-0.2, 0) is 23.2 Å². The van der Waals surface area contributed by atoms with Crippen LogP contribution in [0.25, 0.3) is 0 Å². The van der Waals surface area contributed by atoms with Gasteiger partial charge in [-0.15, -0.1) is 9.24 Å². The van der Waals surface area contributed by atoms with Crippen molar-refractivity contribution in [2.45, 2.75) is 13.3 Å². The normalized spacial score (nSPS) is 8.60. The Kier molecular flexibility index (Phi) is 4.97. The van der Waals surface area contributed by atoms with Gasteiger partial charge in [-0.3, -0.25) is 0 Å². The van der Waals surface area contributed by atoms with Crippen LogP contribution in [-0.4, -0.2) is 0 Å². The maximum atomic E-state index is 2.67. The van der Waals surface area contributed by atoms with E-state index >= 15 is 0 Å². The first-order valence-corrected chi connectivity index (χ1v) is 3.75. The van der Waals surface area contributed by atoms with Crippen LogP contribution in [0.3, 0.4) is 0 Å². The quantitative estimate of drug-likeness (QED) is 0.601. The summed E-state index contributed by atoms with van der Waals surface area (Å²) in [5.41, 5.74) is 1.40. The Morgan fingerprint density at radius 2 is 1.70 bits per heavy atom. The Balaban J connectivity index is 0.000000810. The van der Waals surface area contributed by atoms with E-state index in [-0.39, 0.29) is 16.8 Å². The predicted molar refractivity (Wildman–Crippen MR) is 45.2 cm³/mol. The summed E-state index contributed by atoms with van der Waals surface area (Å²) in [6.45, 7) is 2.16. The van der Waals surface area contributed by atoms with Crippen LogP contribution in [0.5, 0.6) is 0 Å². The third kappa shape index (κ3) is 2.83. The third-order valence-corrected chi connectivity index (χ3v) is 1.77. The molecule has 0 amide bonds. The van der Waals surface area contributed by atoms with Crippen molar-refractivity contribution in [2.75, 3.05) is 0 Å². The van der Waals surface area contributed by atoms with E-state index in [1.54, 1.807) is 0 Å². The number of aryl methyl sites for hydroxylation is 1. The van der Waals surface area contributed by atoms with E-state index in [1.807, 2.05) is 0 Å². The largest absolute Gasteiger partial charge is 0.106 e. The molecule has 10 heavy (non-hydrogen) atoms. The molecule has 1 rings (SSSR count). The second-order valence-electron chi connectivity index (χ2n) is 2.10. The molecule has 0 aliphatic rings. The molecule has 0 heterocycles. The summed E-state index contributed by atoms with van der Waals surface area (Å²) >= 11 is 0. The topological polar surface area (TPSA) is 0 Å². The Labute approximate surface area is 74.8 Å². The maximum absolute atomic E-state index is 2.67. The minimum atomic E-state index is 0. The van der Waals surface area contributed by atoms with E-state index in [1.165, 1.54) is 10.9 Å². The molecule has 1 unspecified atom stereocenters. The number of benzene rings is 1. The van der Waals surface area contributed by atoms with Gasteiger partial charge in [0.05, 0.1) is 0 Å². The molecule has 0 N–H and O–H groups in total. The molecule has 0 saturated heterocycles. The van der Waals surface area contributed by atoms with Crippen molar-refractivity contribution in [3.63, 3.8) is 0 Å². The zero-order chi connectivity index (χ0) is 6.69. The molecule has 1 aromatic carbocycles. The number of hydrogen-bond acceptors (Lipinski definition) is 0. The van der Waals surface area contributed by atoms with Crippen molar-refractivity contribution in [2.24, 2.45) is 0 Å². The average molecular weight is 197 g/mol. The summed E-state index contributed by atoms with van der Waals surface area (Å²) < 4.78 is 0. The van der Waals surface area contributed by atoms with Gasteiger partial charge in [0.2, 0.25) is 0 Å². The van der Waals surface area contributed by atoms with Gasteiger partial charge < -0.3 is 0 Å². The van der Waals surface area contributed by atoms with Crippen molar-refractivity contribution in [1.29, 1.82) is 0 Å². The molecule has 2 heteroatoms. The molecule has 57 valence electrons. The van der Waals surface area contributed by atoms with Gasteiger partial charge in [-0.1, -0.05) is 31.2 Å². The summed E-state index contributed by atoms with van der Waals surface area (Å²) in [5, 5.41) is 1.26. The minimum absolute atomic E-state index is 0. The molecular formula is C8H11CoP. The molecule has 1 aromatic rings. The standard InChI is InChI=1S/C8H11P.Co/c1-2-7-3-5-8(9)6-4-7;/h3-6H,2,9H2,1H3;. The molecule has 1 radical (unpaired) electrons. The molecule has 0 fully saturated rings. The van der Waals surface area contributed by atoms with Gasteiger partial charge in [-0.25, -0.2) is 0 Å². The summed E-state index contributed by atoms with van der Waals surface area (Å²) in [4.78, 5) is 0. The summed E-state index contributed by atoms with van der Waals surface area (Å²) in [5.74, 6) is 0. The van der Waals surface area contributed by atoms with Gasteiger partial charge in [0.1, 0.15) is 0 Å². The summed E-state index contributed by atoms with van der Waals surface area (Å²) in [7, 11) is 2.67. The SMILES string of the molecule is CCc1ccc(P)cc1.[Co]. The first kappa shape index (κ1) is 10.2. The molecule has 0 aliphatic carbocycles. The Morgan fingerprint density at radius 1 is 1.20 bits per heavy atom. The van der Waals surface area contributed by atoms with Crippen molar-refractivity contribution >= 4 is 14.5 Å². The van der Waals surface area contributed by atoms with Gasteiger partial charge in [0.15, 0.2) is 0 Å².